The molecule has 5 unspecified atom stereocenters. The van der Waals surface area contributed by atoms with Crippen molar-refractivity contribution in [3.63, 3.8) is 0 Å². The van der Waals surface area contributed by atoms with Gasteiger partial charge in [-0.25, -0.2) is 4.79 Å². The number of rotatable bonds is 12. The summed E-state index contributed by atoms with van der Waals surface area (Å²) in [6.45, 7) is 4.61. The summed E-state index contributed by atoms with van der Waals surface area (Å²) in [4.78, 5) is 59.2. The number of aliphatic hydroxyl groups excluding tert-OH is 1. The Balaban J connectivity index is 5.38. The van der Waals surface area contributed by atoms with E-state index >= 15 is 0 Å². The lowest BCUT2D eigenvalue weighted by molar-refractivity contribution is -0.142. The van der Waals surface area contributed by atoms with E-state index in [1.807, 2.05) is 0 Å². The zero-order valence-corrected chi connectivity index (χ0v) is 17.3. The van der Waals surface area contributed by atoms with E-state index in [-0.39, 0.29) is 11.7 Å². The van der Waals surface area contributed by atoms with Crippen LogP contribution in [0.2, 0.25) is 0 Å². The number of carboxylic acids is 1. The number of thiol groups is 1. The maximum Gasteiger partial charge on any atom is 0.327 e. The van der Waals surface area contributed by atoms with Gasteiger partial charge in [-0.1, -0.05) is 13.8 Å². The first-order chi connectivity index (χ1) is 13.3. The van der Waals surface area contributed by atoms with Gasteiger partial charge in [0.25, 0.3) is 0 Å². The van der Waals surface area contributed by atoms with Crippen LogP contribution in [0.15, 0.2) is 0 Å². The van der Waals surface area contributed by atoms with Crippen LogP contribution in [0.5, 0.6) is 0 Å². The number of hydrogen-bond donors (Lipinski definition) is 8. The molecule has 9 N–H and O–H groups in total. The van der Waals surface area contributed by atoms with Crippen molar-refractivity contribution in [3.8, 4) is 0 Å². The Labute approximate surface area is 173 Å². The average Bonchev–Trinajstić information content (AvgIpc) is 2.61. The Morgan fingerprint density at radius 2 is 1.45 bits per heavy atom. The van der Waals surface area contributed by atoms with E-state index in [4.69, 9.17) is 16.6 Å². The third-order valence-electron chi connectivity index (χ3n) is 3.92. The highest BCUT2D eigenvalue weighted by atomic mass is 32.1. The summed E-state index contributed by atoms with van der Waals surface area (Å²) in [6, 6.07) is -5.32. The molecule has 0 radical (unpaired) electrons. The molecule has 0 heterocycles. The highest BCUT2D eigenvalue weighted by molar-refractivity contribution is 7.80. The number of primary amides is 1. The van der Waals surface area contributed by atoms with Crippen LogP contribution in [-0.2, 0) is 24.0 Å². The van der Waals surface area contributed by atoms with Crippen molar-refractivity contribution in [2.24, 2.45) is 17.4 Å². The minimum Gasteiger partial charge on any atom is -0.480 e. The van der Waals surface area contributed by atoms with Gasteiger partial charge in [0.15, 0.2) is 0 Å². The molecule has 13 heteroatoms. The van der Waals surface area contributed by atoms with Gasteiger partial charge in [-0.15, -0.1) is 0 Å². The Bertz CT molecular complexity index is 629. The van der Waals surface area contributed by atoms with Crippen molar-refractivity contribution in [2.45, 2.75) is 57.5 Å². The van der Waals surface area contributed by atoms with Crippen LogP contribution in [0.4, 0.5) is 0 Å². The van der Waals surface area contributed by atoms with Gasteiger partial charge in [-0.2, -0.15) is 12.6 Å². The maximum absolute atomic E-state index is 12.5. The van der Waals surface area contributed by atoms with Crippen LogP contribution in [0, 0.1) is 5.92 Å². The number of carbonyl (C=O) groups excluding carboxylic acids is 4. The molecule has 0 saturated carbocycles. The predicted molar refractivity (Wildman–Crippen MR) is 106 cm³/mol. The predicted octanol–water partition coefficient (Wildman–Crippen LogP) is -3.31. The molecule has 4 amide bonds. The van der Waals surface area contributed by atoms with Crippen molar-refractivity contribution < 1.29 is 34.2 Å². The smallest absolute Gasteiger partial charge is 0.327 e. The van der Waals surface area contributed by atoms with E-state index < -0.39 is 66.3 Å². The molecule has 0 saturated heterocycles. The molecule has 0 rings (SSSR count). The number of carbonyl (C=O) groups is 5. The molecule has 0 spiro atoms. The summed E-state index contributed by atoms with van der Waals surface area (Å²) >= 11 is 3.80. The van der Waals surface area contributed by atoms with E-state index in [2.05, 4.69) is 28.6 Å². The number of carboxylic acid groups (broad SMARTS) is 1. The van der Waals surface area contributed by atoms with Gasteiger partial charge >= 0.3 is 5.97 Å². The molecule has 0 aliphatic rings. The molecule has 12 nitrogen and oxygen atoms in total. The standard InChI is InChI=1S/C16H29N5O7S/c1-6(2)11(18)14(25)21-12(7(3)22)15(26)19-8(4-10(17)23)13(24)20-9(5-29)16(27)28/h6-9,11-12,22,29H,4-5,18H2,1-3H3,(H2,17,23)(H,19,26)(H,20,24)(H,21,25)(H,27,28). The summed E-state index contributed by atoms with van der Waals surface area (Å²) < 4.78 is 0. The van der Waals surface area contributed by atoms with Crippen LogP contribution in [0.3, 0.4) is 0 Å². The quantitative estimate of drug-likeness (QED) is 0.145. The molecule has 29 heavy (non-hydrogen) atoms. The fraction of sp³-hybridized carbons (Fsp3) is 0.688. The first kappa shape index (κ1) is 26.6. The van der Waals surface area contributed by atoms with Gasteiger partial charge in [-0.3, -0.25) is 19.2 Å². The largest absolute Gasteiger partial charge is 0.480 e. The summed E-state index contributed by atoms with van der Waals surface area (Å²) in [5.41, 5.74) is 10.8. The van der Waals surface area contributed by atoms with Gasteiger partial charge in [0, 0.05) is 5.75 Å². The summed E-state index contributed by atoms with van der Waals surface area (Å²) in [6.07, 6.45) is -2.00. The van der Waals surface area contributed by atoms with E-state index in [1.54, 1.807) is 13.8 Å². The van der Waals surface area contributed by atoms with E-state index in [9.17, 15) is 29.1 Å². The zero-order valence-electron chi connectivity index (χ0n) is 16.4. The Hall–Kier alpha value is -2.38. The fourth-order valence-corrected chi connectivity index (χ4v) is 2.33. The fourth-order valence-electron chi connectivity index (χ4n) is 2.09. The normalized spacial score (nSPS) is 16.1. The second-order valence-electron chi connectivity index (χ2n) is 6.81. The number of amides is 4. The molecule has 0 aromatic heterocycles. The monoisotopic (exact) mass is 435 g/mol. The molecule has 0 aromatic carbocycles. The average molecular weight is 436 g/mol. The number of nitrogens with one attached hydrogen (secondary N) is 3. The maximum atomic E-state index is 12.5. The van der Waals surface area contributed by atoms with Gasteiger partial charge in [0.1, 0.15) is 18.1 Å². The van der Waals surface area contributed by atoms with Crippen molar-refractivity contribution >= 4 is 42.2 Å². The van der Waals surface area contributed by atoms with Crippen molar-refractivity contribution in [1.29, 1.82) is 0 Å². The van der Waals surface area contributed by atoms with Gasteiger partial charge in [-0.05, 0) is 12.8 Å². The van der Waals surface area contributed by atoms with Crippen molar-refractivity contribution in [3.05, 3.63) is 0 Å². The van der Waals surface area contributed by atoms with Crippen molar-refractivity contribution in [1.82, 2.24) is 16.0 Å². The third-order valence-corrected chi connectivity index (χ3v) is 4.28. The van der Waals surface area contributed by atoms with Gasteiger partial charge in [0.05, 0.1) is 18.6 Å². The lowest BCUT2D eigenvalue weighted by atomic mass is 10.0. The summed E-state index contributed by atoms with van der Waals surface area (Å²) in [7, 11) is 0. The van der Waals surface area contributed by atoms with E-state index in [0.29, 0.717) is 0 Å². The number of nitrogens with two attached hydrogens (primary N) is 2. The number of aliphatic carboxylic acids is 1. The first-order valence-corrected chi connectivity index (χ1v) is 9.41. The third kappa shape index (κ3) is 9.11. The molecule has 0 aliphatic heterocycles. The molecule has 0 aromatic rings. The van der Waals surface area contributed by atoms with Gasteiger partial charge in [0.2, 0.25) is 23.6 Å². The Kier molecular flexibility index (Phi) is 11.2. The van der Waals surface area contributed by atoms with Crippen LogP contribution < -0.4 is 27.4 Å². The molecular weight excluding hydrogens is 406 g/mol. The highest BCUT2D eigenvalue weighted by Gasteiger charge is 2.33. The molecule has 166 valence electrons. The molecular formula is C16H29N5O7S. The lowest BCUT2D eigenvalue weighted by Gasteiger charge is -2.26. The first-order valence-electron chi connectivity index (χ1n) is 8.78. The zero-order chi connectivity index (χ0) is 22.9. The second kappa shape index (κ2) is 12.2. The molecule has 0 fully saturated rings. The Morgan fingerprint density at radius 1 is 0.931 bits per heavy atom. The lowest BCUT2D eigenvalue weighted by Crippen LogP contribution is -2.60. The van der Waals surface area contributed by atoms with Crippen LogP contribution in [-0.4, -0.2) is 75.8 Å². The van der Waals surface area contributed by atoms with Crippen LogP contribution >= 0.6 is 12.6 Å². The Morgan fingerprint density at radius 3 is 1.83 bits per heavy atom. The number of hydrogen-bond acceptors (Lipinski definition) is 8. The topological polar surface area (TPSA) is 214 Å². The van der Waals surface area contributed by atoms with Crippen LogP contribution in [0.25, 0.3) is 0 Å². The minimum atomic E-state index is -1.53. The van der Waals surface area contributed by atoms with Gasteiger partial charge < -0.3 is 37.6 Å². The highest BCUT2D eigenvalue weighted by Crippen LogP contribution is 2.03. The van der Waals surface area contributed by atoms with Crippen molar-refractivity contribution in [2.75, 3.05) is 5.75 Å². The van der Waals surface area contributed by atoms with E-state index in [0.717, 1.165) is 0 Å². The summed E-state index contributed by atoms with van der Waals surface area (Å²) in [5, 5.41) is 25.4. The van der Waals surface area contributed by atoms with E-state index in [1.165, 1.54) is 6.92 Å². The second-order valence-corrected chi connectivity index (χ2v) is 7.18. The molecule has 0 aliphatic carbocycles. The molecule has 5 atom stereocenters. The van der Waals surface area contributed by atoms with Crippen LogP contribution in [0.1, 0.15) is 27.2 Å². The minimum absolute atomic E-state index is 0.238. The number of aliphatic hydroxyl groups is 1. The SMILES string of the molecule is CC(C)C(N)C(=O)NC(C(=O)NC(CC(N)=O)C(=O)NC(CS)C(=O)O)C(C)O. The molecule has 0 bridgehead atoms. The summed E-state index contributed by atoms with van der Waals surface area (Å²) in [5.74, 6) is -5.46.